The smallest absolute Gasteiger partial charge is 0.267 e. The second-order valence-corrected chi connectivity index (χ2v) is 11.4. The van der Waals surface area contributed by atoms with Crippen molar-refractivity contribution in [2.24, 2.45) is 11.8 Å². The lowest BCUT2D eigenvalue weighted by Gasteiger charge is -2.36. The lowest BCUT2D eigenvalue weighted by molar-refractivity contribution is -0.122. The van der Waals surface area contributed by atoms with Crippen LogP contribution in [-0.4, -0.2) is 37.6 Å². The van der Waals surface area contributed by atoms with E-state index >= 15 is 0 Å². The van der Waals surface area contributed by atoms with E-state index in [1.165, 1.54) is 11.8 Å². The SMILES string of the molecule is Cc1ccc(CN2C(=O)C(=Cc3c(N4CC(C)CC(C)C4)nc4ccccn4c3=O)SC2=S)cc1. The first-order chi connectivity index (χ1) is 16.8. The molecule has 4 heterocycles. The topological polar surface area (TPSA) is 57.9 Å². The van der Waals surface area contributed by atoms with Gasteiger partial charge in [-0.3, -0.25) is 18.9 Å². The fourth-order valence-electron chi connectivity index (χ4n) is 4.94. The minimum atomic E-state index is -0.180. The molecular formula is C27H28N4O2S2. The molecule has 0 bridgehead atoms. The van der Waals surface area contributed by atoms with Gasteiger partial charge in [0.25, 0.3) is 11.5 Å². The molecule has 0 spiro atoms. The Morgan fingerprint density at radius 1 is 1.09 bits per heavy atom. The monoisotopic (exact) mass is 504 g/mol. The lowest BCUT2D eigenvalue weighted by Crippen LogP contribution is -2.40. The molecule has 2 fully saturated rings. The molecular weight excluding hydrogens is 476 g/mol. The van der Waals surface area contributed by atoms with E-state index in [1.54, 1.807) is 21.6 Å². The quantitative estimate of drug-likeness (QED) is 0.373. The molecule has 2 saturated heterocycles. The van der Waals surface area contributed by atoms with Crippen LogP contribution in [-0.2, 0) is 11.3 Å². The van der Waals surface area contributed by atoms with Crippen molar-refractivity contribution in [1.82, 2.24) is 14.3 Å². The van der Waals surface area contributed by atoms with Crippen molar-refractivity contribution in [1.29, 1.82) is 0 Å². The van der Waals surface area contributed by atoms with E-state index in [2.05, 4.69) is 18.7 Å². The van der Waals surface area contributed by atoms with Gasteiger partial charge < -0.3 is 4.90 Å². The summed E-state index contributed by atoms with van der Waals surface area (Å²) in [6, 6.07) is 13.6. The Balaban J connectivity index is 1.55. The number of hydrogen-bond donors (Lipinski definition) is 0. The molecule has 2 atom stereocenters. The second-order valence-electron chi connectivity index (χ2n) is 9.69. The van der Waals surface area contributed by atoms with Crippen LogP contribution >= 0.6 is 24.0 Å². The average molecular weight is 505 g/mol. The van der Waals surface area contributed by atoms with Crippen LogP contribution in [0.25, 0.3) is 11.7 Å². The molecule has 2 aliphatic rings. The van der Waals surface area contributed by atoms with Crippen molar-refractivity contribution < 1.29 is 4.79 Å². The predicted molar refractivity (Wildman–Crippen MR) is 147 cm³/mol. The van der Waals surface area contributed by atoms with Crippen molar-refractivity contribution in [2.75, 3.05) is 18.0 Å². The van der Waals surface area contributed by atoms with Crippen LogP contribution in [0.3, 0.4) is 0 Å². The molecule has 2 aliphatic heterocycles. The number of fused-ring (bicyclic) bond motifs is 1. The van der Waals surface area contributed by atoms with Gasteiger partial charge in [-0.05, 0) is 49.0 Å². The molecule has 0 N–H and O–H groups in total. The third kappa shape index (κ3) is 4.77. The summed E-state index contributed by atoms with van der Waals surface area (Å²) in [6.45, 7) is 8.55. The van der Waals surface area contributed by atoms with Gasteiger partial charge in [0.05, 0.1) is 17.0 Å². The van der Waals surface area contributed by atoms with Crippen LogP contribution in [0.5, 0.6) is 0 Å². The molecule has 1 aromatic carbocycles. The first-order valence-corrected chi connectivity index (χ1v) is 13.1. The molecule has 3 aromatic rings. The Labute approximate surface area is 214 Å². The molecule has 2 unspecified atom stereocenters. The Hall–Kier alpha value is -2.97. The highest BCUT2D eigenvalue weighted by molar-refractivity contribution is 8.26. The van der Waals surface area contributed by atoms with E-state index in [9.17, 15) is 9.59 Å². The number of aryl methyl sites for hydroxylation is 1. The standard InChI is InChI=1S/C27H28N4O2S2/c1-17-7-9-20(10-8-17)16-31-26(33)22(35-27(31)34)13-21-24(29-14-18(2)12-19(3)15-29)28-23-6-4-5-11-30(23)25(21)32/h4-11,13,18-19H,12,14-16H2,1-3H3. The van der Waals surface area contributed by atoms with E-state index in [0.717, 1.165) is 30.6 Å². The van der Waals surface area contributed by atoms with Gasteiger partial charge in [-0.15, -0.1) is 0 Å². The number of carbonyl (C=O) groups is 1. The van der Waals surface area contributed by atoms with Gasteiger partial charge >= 0.3 is 0 Å². The molecule has 0 aliphatic carbocycles. The number of nitrogens with zero attached hydrogens (tertiary/aromatic N) is 4. The van der Waals surface area contributed by atoms with Crippen LogP contribution in [0.4, 0.5) is 5.82 Å². The zero-order chi connectivity index (χ0) is 24.7. The number of thioether (sulfide) groups is 1. The van der Waals surface area contributed by atoms with Gasteiger partial charge in [0.2, 0.25) is 0 Å². The minimum Gasteiger partial charge on any atom is -0.355 e. The van der Waals surface area contributed by atoms with Crippen LogP contribution < -0.4 is 10.5 Å². The summed E-state index contributed by atoms with van der Waals surface area (Å²) in [7, 11) is 0. The van der Waals surface area contributed by atoms with Crippen molar-refractivity contribution in [2.45, 2.75) is 33.7 Å². The largest absolute Gasteiger partial charge is 0.355 e. The van der Waals surface area contributed by atoms with Crippen LogP contribution in [0.1, 0.15) is 37.0 Å². The number of piperidine rings is 1. The molecule has 8 heteroatoms. The van der Waals surface area contributed by atoms with Gasteiger partial charge in [0.1, 0.15) is 15.8 Å². The molecule has 6 nitrogen and oxygen atoms in total. The van der Waals surface area contributed by atoms with Gasteiger partial charge in [0.15, 0.2) is 0 Å². The maximum atomic E-state index is 13.6. The number of hydrogen-bond acceptors (Lipinski definition) is 6. The maximum Gasteiger partial charge on any atom is 0.267 e. The number of aromatic nitrogens is 2. The summed E-state index contributed by atoms with van der Waals surface area (Å²) in [5, 5.41) is 0. The van der Waals surface area contributed by atoms with Crippen LogP contribution in [0.2, 0.25) is 0 Å². The highest BCUT2D eigenvalue weighted by Crippen LogP contribution is 2.35. The van der Waals surface area contributed by atoms with Crippen molar-refractivity contribution in [3.63, 3.8) is 0 Å². The number of carbonyl (C=O) groups excluding carboxylic acids is 1. The van der Waals surface area contributed by atoms with E-state index in [1.807, 2.05) is 49.4 Å². The Kier molecular flexibility index (Phi) is 6.51. The number of anilines is 1. The first-order valence-electron chi connectivity index (χ1n) is 11.9. The predicted octanol–water partition coefficient (Wildman–Crippen LogP) is 4.89. The molecule has 5 rings (SSSR count). The van der Waals surface area contributed by atoms with Gasteiger partial charge in [-0.25, -0.2) is 4.98 Å². The van der Waals surface area contributed by atoms with E-state index < -0.39 is 0 Å². The maximum absolute atomic E-state index is 13.6. The Morgan fingerprint density at radius 3 is 2.51 bits per heavy atom. The minimum absolute atomic E-state index is 0.176. The summed E-state index contributed by atoms with van der Waals surface area (Å²) in [6.07, 6.45) is 4.56. The molecule has 1 amide bonds. The molecule has 180 valence electrons. The van der Waals surface area contributed by atoms with Gasteiger partial charge in [-0.2, -0.15) is 0 Å². The number of pyridine rings is 1. The highest BCUT2D eigenvalue weighted by atomic mass is 32.2. The van der Waals surface area contributed by atoms with Gasteiger partial charge in [0, 0.05) is 19.3 Å². The van der Waals surface area contributed by atoms with E-state index in [0.29, 0.717) is 44.6 Å². The van der Waals surface area contributed by atoms with E-state index in [-0.39, 0.29) is 11.5 Å². The van der Waals surface area contributed by atoms with Gasteiger partial charge in [-0.1, -0.05) is 73.7 Å². The highest BCUT2D eigenvalue weighted by Gasteiger charge is 2.33. The molecule has 35 heavy (non-hydrogen) atoms. The molecule has 0 radical (unpaired) electrons. The van der Waals surface area contributed by atoms with E-state index in [4.69, 9.17) is 17.2 Å². The summed E-state index contributed by atoms with van der Waals surface area (Å²) in [5.41, 5.74) is 3.03. The summed E-state index contributed by atoms with van der Waals surface area (Å²) in [5.74, 6) is 1.46. The second kappa shape index (κ2) is 9.59. The number of rotatable bonds is 4. The molecule has 2 aromatic heterocycles. The van der Waals surface area contributed by atoms with Crippen LogP contribution in [0.15, 0.2) is 58.4 Å². The third-order valence-electron chi connectivity index (χ3n) is 6.53. The fraction of sp³-hybridized carbons (Fsp3) is 0.333. The Bertz CT molecular complexity index is 1390. The normalized spacial score (nSPS) is 22.0. The van der Waals surface area contributed by atoms with Crippen LogP contribution in [0, 0.1) is 18.8 Å². The Morgan fingerprint density at radius 2 is 1.80 bits per heavy atom. The van der Waals surface area contributed by atoms with Crippen molar-refractivity contribution in [3.05, 3.63) is 80.6 Å². The lowest BCUT2D eigenvalue weighted by atomic mass is 9.91. The summed E-state index contributed by atoms with van der Waals surface area (Å²) >= 11 is 6.80. The number of thiocarbonyl (C=S) groups is 1. The zero-order valence-corrected chi connectivity index (χ0v) is 21.7. The first kappa shape index (κ1) is 23.8. The zero-order valence-electron chi connectivity index (χ0n) is 20.1. The van der Waals surface area contributed by atoms with Crippen molar-refractivity contribution in [3.8, 4) is 0 Å². The average Bonchev–Trinajstić information content (AvgIpc) is 3.09. The summed E-state index contributed by atoms with van der Waals surface area (Å²) < 4.78 is 2.04. The number of benzene rings is 1. The third-order valence-corrected chi connectivity index (χ3v) is 7.91. The fourth-order valence-corrected chi connectivity index (χ4v) is 6.17. The summed E-state index contributed by atoms with van der Waals surface area (Å²) in [4.78, 5) is 36.1. The number of amides is 1. The molecule has 0 saturated carbocycles. The van der Waals surface area contributed by atoms with Crippen molar-refractivity contribution >= 4 is 51.7 Å².